The summed E-state index contributed by atoms with van der Waals surface area (Å²) < 4.78 is 5.67. The molecule has 0 bridgehead atoms. The molecule has 7 nitrogen and oxygen atoms in total. The number of hydrogen-bond donors (Lipinski definition) is 3. The number of piperidine rings is 1. The summed E-state index contributed by atoms with van der Waals surface area (Å²) in [6.45, 7) is 2.98. The zero-order chi connectivity index (χ0) is 19.3. The molecule has 0 radical (unpaired) electrons. The van der Waals surface area contributed by atoms with Gasteiger partial charge in [-0.25, -0.2) is 4.79 Å². The SMILES string of the molecule is O=C(Nc1ccc2c(c1)CNCCO2)NC1CCCN(C2CCCCC2)C1=O. The average molecular weight is 386 g/mol. The van der Waals surface area contributed by atoms with Gasteiger partial charge in [-0.2, -0.15) is 0 Å². The van der Waals surface area contributed by atoms with Crippen LogP contribution in [0.4, 0.5) is 10.5 Å². The average Bonchev–Trinajstić information content (AvgIpc) is 2.95. The molecule has 1 saturated carbocycles. The van der Waals surface area contributed by atoms with Crippen LogP contribution in [0.25, 0.3) is 0 Å². The number of benzene rings is 1. The maximum atomic E-state index is 12.9. The second-order valence-electron chi connectivity index (χ2n) is 7.96. The third-order valence-electron chi connectivity index (χ3n) is 5.96. The summed E-state index contributed by atoms with van der Waals surface area (Å²) in [5, 5.41) is 9.05. The summed E-state index contributed by atoms with van der Waals surface area (Å²) in [5.41, 5.74) is 1.73. The zero-order valence-electron chi connectivity index (χ0n) is 16.3. The highest BCUT2D eigenvalue weighted by Crippen LogP contribution is 2.27. The fraction of sp³-hybridized carbons (Fsp3) is 0.619. The van der Waals surface area contributed by atoms with Gasteiger partial charge in [0.2, 0.25) is 5.91 Å². The van der Waals surface area contributed by atoms with E-state index in [0.717, 1.165) is 43.7 Å². The number of ether oxygens (including phenoxy) is 1. The number of fused-ring (bicyclic) bond motifs is 1. The topological polar surface area (TPSA) is 82.7 Å². The van der Waals surface area contributed by atoms with Gasteiger partial charge in [-0.1, -0.05) is 19.3 Å². The summed E-state index contributed by atoms with van der Waals surface area (Å²) in [6, 6.07) is 5.23. The number of nitrogens with zero attached hydrogens (tertiary/aromatic N) is 1. The lowest BCUT2D eigenvalue weighted by atomic mass is 9.91. The second kappa shape index (κ2) is 8.82. The third-order valence-corrected chi connectivity index (χ3v) is 5.96. The van der Waals surface area contributed by atoms with Crippen LogP contribution in [0, 0.1) is 0 Å². The number of rotatable bonds is 3. The van der Waals surface area contributed by atoms with Crippen LogP contribution in [0.5, 0.6) is 5.75 Å². The van der Waals surface area contributed by atoms with Crippen LogP contribution in [0.3, 0.4) is 0 Å². The lowest BCUT2D eigenvalue weighted by Gasteiger charge is -2.39. The molecule has 7 heteroatoms. The number of hydrogen-bond acceptors (Lipinski definition) is 4. The molecule has 2 fully saturated rings. The van der Waals surface area contributed by atoms with E-state index in [2.05, 4.69) is 16.0 Å². The van der Waals surface area contributed by atoms with Crippen molar-refractivity contribution in [3.05, 3.63) is 23.8 Å². The molecule has 0 aromatic heterocycles. The van der Waals surface area contributed by atoms with E-state index in [4.69, 9.17) is 4.74 Å². The first-order valence-electron chi connectivity index (χ1n) is 10.5. The Morgan fingerprint density at radius 3 is 2.86 bits per heavy atom. The van der Waals surface area contributed by atoms with Crippen molar-refractivity contribution in [3.63, 3.8) is 0 Å². The van der Waals surface area contributed by atoms with E-state index in [0.29, 0.717) is 31.3 Å². The molecule has 3 amide bonds. The lowest BCUT2D eigenvalue weighted by Crippen LogP contribution is -2.56. The molecule has 1 aromatic rings. The number of likely N-dealkylation sites (tertiary alicyclic amines) is 1. The molecule has 1 aliphatic carbocycles. The van der Waals surface area contributed by atoms with Gasteiger partial charge >= 0.3 is 6.03 Å². The van der Waals surface area contributed by atoms with Gasteiger partial charge in [-0.15, -0.1) is 0 Å². The number of anilines is 1. The normalized spacial score (nSPS) is 23.4. The van der Waals surface area contributed by atoms with Crippen LogP contribution in [0.1, 0.15) is 50.5 Å². The van der Waals surface area contributed by atoms with Gasteiger partial charge in [0.15, 0.2) is 0 Å². The minimum Gasteiger partial charge on any atom is -0.492 e. The van der Waals surface area contributed by atoms with Gasteiger partial charge < -0.3 is 25.6 Å². The van der Waals surface area contributed by atoms with E-state index in [-0.39, 0.29) is 11.9 Å². The van der Waals surface area contributed by atoms with E-state index in [1.54, 1.807) is 0 Å². The van der Waals surface area contributed by atoms with Crippen LogP contribution in [0.15, 0.2) is 18.2 Å². The Labute approximate surface area is 166 Å². The van der Waals surface area contributed by atoms with Crippen LogP contribution >= 0.6 is 0 Å². The van der Waals surface area contributed by atoms with Crippen molar-refractivity contribution in [1.29, 1.82) is 0 Å². The van der Waals surface area contributed by atoms with Crippen LogP contribution in [0.2, 0.25) is 0 Å². The Morgan fingerprint density at radius 2 is 2.00 bits per heavy atom. The molecule has 1 unspecified atom stereocenters. The summed E-state index contributed by atoms with van der Waals surface area (Å²) in [7, 11) is 0. The zero-order valence-corrected chi connectivity index (χ0v) is 16.3. The predicted octanol–water partition coefficient (Wildman–Crippen LogP) is 2.61. The molecule has 152 valence electrons. The molecular weight excluding hydrogens is 356 g/mol. The maximum absolute atomic E-state index is 12.9. The molecule has 3 aliphatic rings. The van der Waals surface area contributed by atoms with Gasteiger partial charge in [0.1, 0.15) is 18.4 Å². The lowest BCUT2D eigenvalue weighted by molar-refractivity contribution is -0.138. The van der Waals surface area contributed by atoms with Crippen LogP contribution < -0.4 is 20.7 Å². The molecule has 4 rings (SSSR count). The number of carbonyl (C=O) groups excluding carboxylic acids is 2. The highest BCUT2D eigenvalue weighted by molar-refractivity contribution is 5.94. The fourth-order valence-electron chi connectivity index (χ4n) is 4.51. The molecule has 0 spiro atoms. The maximum Gasteiger partial charge on any atom is 0.319 e. The van der Waals surface area contributed by atoms with Crippen molar-refractivity contribution in [2.75, 3.05) is 25.0 Å². The fourth-order valence-corrected chi connectivity index (χ4v) is 4.51. The Kier molecular flexibility index (Phi) is 6.00. The highest BCUT2D eigenvalue weighted by Gasteiger charge is 2.34. The quantitative estimate of drug-likeness (QED) is 0.746. The van der Waals surface area contributed by atoms with Crippen molar-refractivity contribution in [2.45, 2.75) is 63.6 Å². The molecule has 1 aromatic carbocycles. The van der Waals surface area contributed by atoms with Gasteiger partial charge in [0, 0.05) is 36.9 Å². The Balaban J connectivity index is 1.35. The monoisotopic (exact) mass is 386 g/mol. The van der Waals surface area contributed by atoms with E-state index >= 15 is 0 Å². The summed E-state index contributed by atoms with van der Waals surface area (Å²) in [4.78, 5) is 27.4. The van der Waals surface area contributed by atoms with E-state index in [1.807, 2.05) is 23.1 Å². The minimum absolute atomic E-state index is 0.0767. The first kappa shape index (κ1) is 19.1. The molecule has 3 N–H and O–H groups in total. The van der Waals surface area contributed by atoms with Crippen molar-refractivity contribution in [3.8, 4) is 5.75 Å². The summed E-state index contributed by atoms with van der Waals surface area (Å²) in [6.07, 6.45) is 7.50. The van der Waals surface area contributed by atoms with Gasteiger partial charge in [-0.05, 0) is 43.9 Å². The van der Waals surface area contributed by atoms with Gasteiger partial charge in [0.25, 0.3) is 0 Å². The molecule has 1 saturated heterocycles. The molecule has 1 atom stereocenters. The number of amides is 3. The first-order valence-corrected chi connectivity index (χ1v) is 10.5. The largest absolute Gasteiger partial charge is 0.492 e. The van der Waals surface area contributed by atoms with Crippen molar-refractivity contribution >= 4 is 17.6 Å². The van der Waals surface area contributed by atoms with Crippen molar-refractivity contribution < 1.29 is 14.3 Å². The number of nitrogens with one attached hydrogen (secondary N) is 3. The number of carbonyl (C=O) groups is 2. The highest BCUT2D eigenvalue weighted by atomic mass is 16.5. The van der Waals surface area contributed by atoms with Crippen LogP contribution in [-0.2, 0) is 11.3 Å². The molecule has 2 aliphatic heterocycles. The summed E-state index contributed by atoms with van der Waals surface area (Å²) in [5.74, 6) is 0.925. The third kappa shape index (κ3) is 4.41. The van der Waals surface area contributed by atoms with Crippen LogP contribution in [-0.4, -0.2) is 48.6 Å². The van der Waals surface area contributed by atoms with Gasteiger partial charge in [-0.3, -0.25) is 4.79 Å². The van der Waals surface area contributed by atoms with Crippen molar-refractivity contribution in [1.82, 2.24) is 15.5 Å². The van der Waals surface area contributed by atoms with E-state index in [1.165, 1.54) is 19.3 Å². The first-order chi connectivity index (χ1) is 13.7. The van der Waals surface area contributed by atoms with E-state index < -0.39 is 6.04 Å². The Bertz CT molecular complexity index is 718. The second-order valence-corrected chi connectivity index (χ2v) is 7.96. The molecular formula is C21H30N4O3. The smallest absolute Gasteiger partial charge is 0.319 e. The van der Waals surface area contributed by atoms with Crippen molar-refractivity contribution in [2.24, 2.45) is 0 Å². The minimum atomic E-state index is -0.429. The number of urea groups is 1. The Hall–Kier alpha value is -2.28. The Morgan fingerprint density at radius 1 is 1.14 bits per heavy atom. The predicted molar refractivity (Wildman–Crippen MR) is 107 cm³/mol. The molecule has 2 heterocycles. The standard InChI is InChI=1S/C21H30N4O3/c26-20-18(7-4-11-25(20)17-5-2-1-3-6-17)24-21(27)23-16-8-9-19-15(13-16)14-22-10-12-28-19/h8-9,13,17-18,22H,1-7,10-12,14H2,(H2,23,24,27). The van der Waals surface area contributed by atoms with E-state index in [9.17, 15) is 9.59 Å². The molecule has 28 heavy (non-hydrogen) atoms. The summed E-state index contributed by atoms with van der Waals surface area (Å²) >= 11 is 0. The van der Waals surface area contributed by atoms with Gasteiger partial charge in [0.05, 0.1) is 0 Å².